The van der Waals surface area contributed by atoms with Crippen molar-refractivity contribution < 1.29 is 9.53 Å². The van der Waals surface area contributed by atoms with Gasteiger partial charge in [0.2, 0.25) is 0 Å². The molecule has 2 atom stereocenters. The van der Waals surface area contributed by atoms with Gasteiger partial charge in [-0.25, -0.2) is 0 Å². The van der Waals surface area contributed by atoms with Crippen molar-refractivity contribution in [3.63, 3.8) is 0 Å². The molecule has 0 aromatic carbocycles. The Morgan fingerprint density at radius 2 is 2.13 bits per heavy atom. The maximum absolute atomic E-state index is 10.7. The summed E-state index contributed by atoms with van der Waals surface area (Å²) in [6.45, 7) is 9.10. The van der Waals surface area contributed by atoms with Gasteiger partial charge in [-0.3, -0.25) is 4.79 Å². The third-order valence-corrected chi connectivity index (χ3v) is 3.91. The lowest BCUT2D eigenvalue weighted by atomic mass is 9.63. The van der Waals surface area contributed by atoms with Gasteiger partial charge in [0.25, 0.3) is 0 Å². The molecule has 1 aliphatic rings. The zero-order valence-electron chi connectivity index (χ0n) is 10.5. The van der Waals surface area contributed by atoms with Gasteiger partial charge >= 0.3 is 5.97 Å². The van der Waals surface area contributed by atoms with Crippen LogP contribution in [-0.2, 0) is 9.53 Å². The van der Waals surface area contributed by atoms with Crippen molar-refractivity contribution in [1.82, 2.24) is 0 Å². The summed E-state index contributed by atoms with van der Waals surface area (Å²) < 4.78 is 5.05. The predicted molar refractivity (Wildman–Crippen MR) is 61.5 cm³/mol. The lowest BCUT2D eigenvalue weighted by Crippen LogP contribution is -2.34. The van der Waals surface area contributed by atoms with Crippen molar-refractivity contribution >= 4 is 5.97 Å². The lowest BCUT2D eigenvalue weighted by Gasteiger charge is -2.43. The minimum Gasteiger partial charge on any atom is -0.466 e. The number of esters is 1. The molecule has 88 valence electrons. The van der Waals surface area contributed by atoms with Crippen molar-refractivity contribution in [2.24, 2.45) is 17.3 Å². The third-order valence-electron chi connectivity index (χ3n) is 3.91. The maximum atomic E-state index is 10.7. The first-order valence-corrected chi connectivity index (χ1v) is 6.07. The number of carbonyl (C=O) groups excluding carboxylic acids is 1. The Bertz CT molecular complexity index is 221. The Morgan fingerprint density at radius 1 is 1.47 bits per heavy atom. The Kier molecular flexibility index (Phi) is 4.18. The largest absolute Gasteiger partial charge is 0.466 e. The van der Waals surface area contributed by atoms with Gasteiger partial charge in [0, 0.05) is 6.92 Å². The van der Waals surface area contributed by atoms with Crippen molar-refractivity contribution in [3.05, 3.63) is 0 Å². The molecular weight excluding hydrogens is 188 g/mol. The van der Waals surface area contributed by atoms with Crippen LogP contribution in [0.2, 0.25) is 0 Å². The van der Waals surface area contributed by atoms with Gasteiger partial charge in [-0.05, 0) is 30.1 Å². The molecule has 2 unspecified atom stereocenters. The summed E-state index contributed by atoms with van der Waals surface area (Å²) in [5.74, 6) is 1.31. The van der Waals surface area contributed by atoms with Gasteiger partial charge in [-0.1, -0.05) is 33.6 Å². The fourth-order valence-corrected chi connectivity index (χ4v) is 3.04. The van der Waals surface area contributed by atoms with Gasteiger partial charge in [-0.2, -0.15) is 0 Å². The predicted octanol–water partition coefficient (Wildman–Crippen LogP) is 3.40. The SMILES string of the molecule is CC(=O)OCCC1C(C)CCCC1(C)C. The van der Waals surface area contributed by atoms with Gasteiger partial charge in [0.05, 0.1) is 6.61 Å². The summed E-state index contributed by atoms with van der Waals surface area (Å²) in [5, 5.41) is 0. The molecule has 0 amide bonds. The van der Waals surface area contributed by atoms with Crippen LogP contribution in [0, 0.1) is 17.3 Å². The normalized spacial score (nSPS) is 29.9. The topological polar surface area (TPSA) is 26.3 Å². The first kappa shape index (κ1) is 12.5. The standard InChI is InChI=1S/C13H24O2/c1-10-6-5-8-13(3,4)12(10)7-9-15-11(2)14/h10,12H,5-9H2,1-4H3. The van der Waals surface area contributed by atoms with E-state index in [1.807, 2.05) is 0 Å². The molecule has 1 saturated carbocycles. The van der Waals surface area contributed by atoms with Crippen LogP contribution in [0.1, 0.15) is 53.4 Å². The van der Waals surface area contributed by atoms with E-state index in [0.29, 0.717) is 17.9 Å². The van der Waals surface area contributed by atoms with E-state index in [9.17, 15) is 4.79 Å². The number of carbonyl (C=O) groups is 1. The summed E-state index contributed by atoms with van der Waals surface area (Å²) in [6.07, 6.45) is 5.00. The van der Waals surface area contributed by atoms with E-state index in [-0.39, 0.29) is 5.97 Å². The van der Waals surface area contributed by atoms with Gasteiger partial charge in [0.1, 0.15) is 0 Å². The monoisotopic (exact) mass is 212 g/mol. The molecule has 1 fully saturated rings. The van der Waals surface area contributed by atoms with Crippen molar-refractivity contribution in [1.29, 1.82) is 0 Å². The van der Waals surface area contributed by atoms with E-state index < -0.39 is 0 Å². The van der Waals surface area contributed by atoms with E-state index in [1.54, 1.807) is 0 Å². The van der Waals surface area contributed by atoms with Crippen LogP contribution in [-0.4, -0.2) is 12.6 Å². The highest BCUT2D eigenvalue weighted by molar-refractivity contribution is 5.65. The van der Waals surface area contributed by atoms with Crippen LogP contribution in [0.15, 0.2) is 0 Å². The molecule has 0 bridgehead atoms. The lowest BCUT2D eigenvalue weighted by molar-refractivity contribution is -0.142. The maximum Gasteiger partial charge on any atom is 0.302 e. The summed E-state index contributed by atoms with van der Waals surface area (Å²) in [5.41, 5.74) is 0.414. The molecular formula is C13H24O2. The molecule has 0 spiro atoms. The van der Waals surface area contributed by atoms with Gasteiger partial charge in [0.15, 0.2) is 0 Å². The second-order valence-corrected chi connectivity index (χ2v) is 5.59. The highest BCUT2D eigenvalue weighted by Crippen LogP contribution is 2.45. The average molecular weight is 212 g/mol. The van der Waals surface area contributed by atoms with Crippen LogP contribution in [0.25, 0.3) is 0 Å². The van der Waals surface area contributed by atoms with Crippen LogP contribution in [0.3, 0.4) is 0 Å². The molecule has 0 heterocycles. The zero-order chi connectivity index (χ0) is 11.5. The summed E-state index contributed by atoms with van der Waals surface area (Å²) >= 11 is 0. The zero-order valence-corrected chi connectivity index (χ0v) is 10.5. The molecule has 2 heteroatoms. The second kappa shape index (κ2) is 5.00. The molecule has 0 aromatic rings. The molecule has 1 rings (SSSR count). The van der Waals surface area contributed by atoms with Gasteiger partial charge in [-0.15, -0.1) is 0 Å². The minimum absolute atomic E-state index is 0.156. The Balaban J connectivity index is 2.45. The molecule has 0 aliphatic heterocycles. The van der Waals surface area contributed by atoms with Crippen LogP contribution >= 0.6 is 0 Å². The first-order chi connectivity index (χ1) is 6.93. The van der Waals surface area contributed by atoms with Crippen molar-refractivity contribution in [2.45, 2.75) is 53.4 Å². The number of rotatable bonds is 3. The van der Waals surface area contributed by atoms with Crippen LogP contribution in [0.5, 0.6) is 0 Å². The molecule has 0 aromatic heterocycles. The summed E-state index contributed by atoms with van der Waals surface area (Å²) in [7, 11) is 0. The Morgan fingerprint density at radius 3 is 2.67 bits per heavy atom. The minimum atomic E-state index is -0.156. The summed E-state index contributed by atoms with van der Waals surface area (Å²) in [6, 6.07) is 0. The van der Waals surface area contributed by atoms with Crippen LogP contribution in [0.4, 0.5) is 0 Å². The highest BCUT2D eigenvalue weighted by atomic mass is 16.5. The molecule has 15 heavy (non-hydrogen) atoms. The van der Waals surface area contributed by atoms with E-state index in [4.69, 9.17) is 4.74 Å². The van der Waals surface area contributed by atoms with Gasteiger partial charge < -0.3 is 4.74 Å². The first-order valence-electron chi connectivity index (χ1n) is 6.07. The number of ether oxygens (including phenoxy) is 1. The fraction of sp³-hybridized carbons (Fsp3) is 0.923. The number of hydrogen-bond donors (Lipinski definition) is 0. The third kappa shape index (κ3) is 3.51. The Hall–Kier alpha value is -0.530. The quantitative estimate of drug-likeness (QED) is 0.670. The smallest absolute Gasteiger partial charge is 0.302 e. The van der Waals surface area contributed by atoms with E-state index in [0.717, 1.165) is 12.3 Å². The molecule has 0 N–H and O–H groups in total. The molecule has 1 aliphatic carbocycles. The molecule has 0 saturated heterocycles. The fourth-order valence-electron chi connectivity index (χ4n) is 3.04. The Labute approximate surface area is 93.4 Å². The highest BCUT2D eigenvalue weighted by Gasteiger charge is 2.36. The number of hydrogen-bond acceptors (Lipinski definition) is 2. The van der Waals surface area contributed by atoms with E-state index in [1.165, 1.54) is 26.2 Å². The summed E-state index contributed by atoms with van der Waals surface area (Å²) in [4.78, 5) is 10.7. The van der Waals surface area contributed by atoms with Crippen molar-refractivity contribution in [3.8, 4) is 0 Å². The average Bonchev–Trinajstić information content (AvgIpc) is 2.09. The second-order valence-electron chi connectivity index (χ2n) is 5.59. The molecule has 0 radical (unpaired) electrons. The molecule has 2 nitrogen and oxygen atoms in total. The van der Waals surface area contributed by atoms with Crippen molar-refractivity contribution in [2.75, 3.05) is 6.61 Å². The van der Waals surface area contributed by atoms with Crippen LogP contribution < -0.4 is 0 Å². The van der Waals surface area contributed by atoms with E-state index >= 15 is 0 Å². The van der Waals surface area contributed by atoms with E-state index in [2.05, 4.69) is 20.8 Å².